The Kier molecular flexibility index (Phi) is 21.4. The molecule has 0 atom stereocenters. The number of hydrogen-bond acceptors (Lipinski definition) is 4. The Hall–Kier alpha value is -2.91. The van der Waals surface area contributed by atoms with E-state index in [-0.39, 0.29) is 47.2 Å². The molecule has 8 aromatic rings. The molecular formula is C50H63Cl2F3S4. The average molecular weight is 920 g/mol. The fraction of sp³-hybridized carbons (Fsp3) is 0.360. The molecule has 8 rings (SSSR count). The fourth-order valence-electron chi connectivity index (χ4n) is 6.41. The lowest BCUT2D eigenvalue weighted by Gasteiger charge is -2.01. The van der Waals surface area contributed by atoms with Crippen molar-refractivity contribution in [1.82, 2.24) is 0 Å². The zero-order valence-corrected chi connectivity index (χ0v) is 37.6. The van der Waals surface area contributed by atoms with E-state index in [9.17, 15) is 13.2 Å². The van der Waals surface area contributed by atoms with E-state index < -0.39 is 0 Å². The van der Waals surface area contributed by atoms with Crippen molar-refractivity contribution in [3.63, 3.8) is 0 Å². The third-order valence-electron chi connectivity index (χ3n) is 9.18. The number of thiophene rings is 4. The number of halogens is 5. The molecule has 0 aliphatic carbocycles. The SMILES string of the molecule is C.C.C.C.CC(C)c1sc2c(F)cccc2c1Cl.CC(C)c1sc2cccc(F)c2c1Cl.Cc1c(C(C)C)sc2ccc(F)cc12.Cc1c(C(C)C)sc2ccccc12. The van der Waals surface area contributed by atoms with Gasteiger partial charge in [-0.1, -0.05) is 145 Å². The Morgan fingerprint density at radius 3 is 1.41 bits per heavy atom. The van der Waals surface area contributed by atoms with E-state index in [1.807, 2.05) is 29.5 Å². The molecule has 0 saturated carbocycles. The molecule has 0 bridgehead atoms. The van der Waals surface area contributed by atoms with Gasteiger partial charge in [0.15, 0.2) is 0 Å². The molecule has 0 N–H and O–H groups in total. The molecule has 0 saturated heterocycles. The van der Waals surface area contributed by atoms with Crippen LogP contribution in [0.25, 0.3) is 40.3 Å². The Morgan fingerprint density at radius 2 is 0.881 bits per heavy atom. The molecule has 0 radical (unpaired) electrons. The lowest BCUT2D eigenvalue weighted by atomic mass is 10.1. The van der Waals surface area contributed by atoms with Gasteiger partial charge in [-0.05, 0) is 102 Å². The first-order valence-electron chi connectivity index (χ1n) is 18.4. The van der Waals surface area contributed by atoms with Crippen molar-refractivity contribution in [2.45, 2.75) is 123 Å². The highest BCUT2D eigenvalue weighted by Gasteiger charge is 2.17. The van der Waals surface area contributed by atoms with Gasteiger partial charge in [0.2, 0.25) is 0 Å². The monoisotopic (exact) mass is 918 g/mol. The standard InChI is InChI=1S/C12H13FS.C12H14S.2C11H10ClFS.4CH4/c1-7(2)12-8(3)10-6-9(13)4-5-11(10)14-12;1-8(2)12-9(3)10-6-4-5-7-11(10)13-12;1-6(2)10-9(12)7-4-3-5-8(13)11(7)14-10;1-6(2)11-10(12)9-7(13)4-3-5-8(9)14-11;;;;/h4-7H,1-3H3;4-8H,1-3H3;2*3-6H,1-2H3;4*1H4. The molecule has 4 aromatic carbocycles. The minimum absolute atomic E-state index is 0. The van der Waals surface area contributed by atoms with Gasteiger partial charge in [0.05, 0.1) is 14.7 Å². The molecule has 4 aromatic heterocycles. The maximum absolute atomic E-state index is 13.4. The van der Waals surface area contributed by atoms with Crippen molar-refractivity contribution < 1.29 is 13.2 Å². The van der Waals surface area contributed by atoms with Gasteiger partial charge in [-0.15, -0.1) is 45.3 Å². The van der Waals surface area contributed by atoms with Crippen LogP contribution in [0.5, 0.6) is 0 Å². The quantitative estimate of drug-likeness (QED) is 0.165. The largest absolute Gasteiger partial charge is 0.207 e. The van der Waals surface area contributed by atoms with Gasteiger partial charge in [-0.2, -0.15) is 0 Å². The Bertz CT molecular complexity index is 2540. The van der Waals surface area contributed by atoms with Gasteiger partial charge in [0.1, 0.15) is 17.5 Å². The number of benzene rings is 4. The van der Waals surface area contributed by atoms with E-state index in [4.69, 9.17) is 23.2 Å². The van der Waals surface area contributed by atoms with Crippen LogP contribution in [0.3, 0.4) is 0 Å². The number of fused-ring (bicyclic) bond motifs is 4. The molecule has 9 heteroatoms. The first-order valence-corrected chi connectivity index (χ1v) is 22.4. The van der Waals surface area contributed by atoms with E-state index >= 15 is 0 Å². The van der Waals surface area contributed by atoms with Gasteiger partial charge in [-0.25, -0.2) is 13.2 Å². The predicted octanol–water partition coefficient (Wildman–Crippen LogP) is 21.0. The maximum atomic E-state index is 13.4. The summed E-state index contributed by atoms with van der Waals surface area (Å²) in [5.41, 5.74) is 2.70. The van der Waals surface area contributed by atoms with Crippen molar-refractivity contribution in [2.75, 3.05) is 0 Å². The average Bonchev–Trinajstić information content (AvgIpc) is 3.87. The van der Waals surface area contributed by atoms with Crippen molar-refractivity contribution in [3.8, 4) is 0 Å². The minimum atomic E-state index is -0.226. The second kappa shape index (κ2) is 23.3. The molecule has 322 valence electrons. The third kappa shape index (κ3) is 12.1. The van der Waals surface area contributed by atoms with Crippen LogP contribution < -0.4 is 0 Å². The van der Waals surface area contributed by atoms with E-state index in [1.54, 1.807) is 40.9 Å². The Balaban J connectivity index is 0.000000385. The van der Waals surface area contributed by atoms with Crippen LogP contribution in [0.2, 0.25) is 10.0 Å². The highest BCUT2D eigenvalue weighted by Crippen LogP contribution is 2.42. The van der Waals surface area contributed by atoms with Crippen molar-refractivity contribution >= 4 is 109 Å². The zero-order chi connectivity index (χ0) is 40.3. The Morgan fingerprint density at radius 1 is 0.441 bits per heavy atom. The van der Waals surface area contributed by atoms with Gasteiger partial charge in [0, 0.05) is 44.4 Å². The topological polar surface area (TPSA) is 0 Å². The first-order chi connectivity index (χ1) is 26.0. The van der Waals surface area contributed by atoms with Gasteiger partial charge in [0.25, 0.3) is 0 Å². The molecule has 59 heavy (non-hydrogen) atoms. The van der Waals surface area contributed by atoms with Gasteiger partial charge >= 0.3 is 0 Å². The summed E-state index contributed by atoms with van der Waals surface area (Å²) < 4.78 is 44.1. The summed E-state index contributed by atoms with van der Waals surface area (Å²) in [6.45, 7) is 21.4. The molecule has 4 heterocycles. The number of aryl methyl sites for hydroxylation is 2. The second-order valence-electron chi connectivity index (χ2n) is 14.7. The molecule has 0 nitrogen and oxygen atoms in total. The Labute approximate surface area is 379 Å². The van der Waals surface area contributed by atoms with Crippen LogP contribution in [0.4, 0.5) is 13.2 Å². The summed E-state index contributed by atoms with van der Waals surface area (Å²) in [5, 5.41) is 5.19. The summed E-state index contributed by atoms with van der Waals surface area (Å²) in [6, 6.07) is 23.8. The van der Waals surface area contributed by atoms with Crippen LogP contribution in [0.15, 0.2) is 78.9 Å². The number of rotatable bonds is 4. The lowest BCUT2D eigenvalue weighted by Crippen LogP contribution is -1.84. The molecule has 0 amide bonds. The van der Waals surface area contributed by atoms with Crippen LogP contribution in [-0.4, -0.2) is 0 Å². The van der Waals surface area contributed by atoms with Crippen molar-refractivity contribution in [1.29, 1.82) is 0 Å². The molecule has 0 fully saturated rings. The highest BCUT2D eigenvalue weighted by molar-refractivity contribution is 7.20. The van der Waals surface area contributed by atoms with Crippen molar-refractivity contribution in [3.05, 3.63) is 137 Å². The highest BCUT2D eigenvalue weighted by atomic mass is 35.5. The van der Waals surface area contributed by atoms with E-state index in [0.717, 1.165) is 25.2 Å². The predicted molar refractivity (Wildman–Crippen MR) is 270 cm³/mol. The van der Waals surface area contributed by atoms with Crippen molar-refractivity contribution in [2.24, 2.45) is 0 Å². The lowest BCUT2D eigenvalue weighted by molar-refractivity contribution is 0.629. The van der Waals surface area contributed by atoms with Crippen LogP contribution in [-0.2, 0) is 0 Å². The molecule has 0 unspecified atom stereocenters. The maximum Gasteiger partial charge on any atom is 0.141 e. The summed E-state index contributed by atoms with van der Waals surface area (Å²) in [6.07, 6.45) is 0. The van der Waals surface area contributed by atoms with E-state index in [2.05, 4.69) is 93.5 Å². The first kappa shape index (κ1) is 54.1. The number of hydrogen-bond donors (Lipinski definition) is 0. The minimum Gasteiger partial charge on any atom is -0.207 e. The van der Waals surface area contributed by atoms with E-state index in [1.165, 1.54) is 65.2 Å². The van der Waals surface area contributed by atoms with E-state index in [0.29, 0.717) is 43.8 Å². The zero-order valence-electron chi connectivity index (χ0n) is 32.8. The summed E-state index contributed by atoms with van der Waals surface area (Å²) >= 11 is 19.0. The van der Waals surface area contributed by atoms with Crippen LogP contribution in [0, 0.1) is 31.3 Å². The smallest absolute Gasteiger partial charge is 0.141 e. The van der Waals surface area contributed by atoms with Gasteiger partial charge < -0.3 is 0 Å². The summed E-state index contributed by atoms with van der Waals surface area (Å²) in [4.78, 5) is 5.02. The van der Waals surface area contributed by atoms with Crippen LogP contribution >= 0.6 is 68.5 Å². The van der Waals surface area contributed by atoms with Crippen LogP contribution in [0.1, 0.15) is 139 Å². The summed E-state index contributed by atoms with van der Waals surface area (Å²) in [5.74, 6) is 1.32. The third-order valence-corrected chi connectivity index (χ3v) is 16.3. The molecule has 0 spiro atoms. The summed E-state index contributed by atoms with van der Waals surface area (Å²) in [7, 11) is 0. The fourth-order valence-corrected chi connectivity index (χ4v) is 12.2. The van der Waals surface area contributed by atoms with Gasteiger partial charge in [-0.3, -0.25) is 0 Å². The molecular weight excluding hydrogens is 857 g/mol. The molecule has 0 aliphatic heterocycles. The second-order valence-corrected chi connectivity index (χ2v) is 19.8. The molecule has 0 aliphatic rings. The normalized spacial score (nSPS) is 10.7.